The molecule has 1 unspecified atom stereocenters. The molecule has 1 rings (SSSR count). The maximum Gasteiger partial charge on any atom is 0.454 e. The van der Waals surface area contributed by atoms with Crippen molar-refractivity contribution in [2.75, 3.05) is 0 Å². The monoisotopic (exact) mass is 369 g/mol. The summed E-state index contributed by atoms with van der Waals surface area (Å²) in [6.45, 7) is 7.01. The Kier molecular flexibility index (Phi) is 5.49. The third-order valence-electron chi connectivity index (χ3n) is 1.29. The van der Waals surface area contributed by atoms with E-state index in [9.17, 15) is 0 Å². The van der Waals surface area contributed by atoms with Crippen molar-refractivity contribution >= 4 is 54.1 Å². The molecule has 0 fully saturated rings. The maximum atomic E-state index is 6.10. The van der Waals surface area contributed by atoms with Crippen LogP contribution < -0.4 is 0 Å². The average molecular weight is 370 g/mol. The first-order valence-electron chi connectivity index (χ1n) is 4.19. The second-order valence-corrected chi connectivity index (χ2v) is 12.8. The van der Waals surface area contributed by atoms with Gasteiger partial charge in [0.15, 0.2) is 0 Å². The Morgan fingerprint density at radius 1 is 0.778 bits per heavy atom. The number of hydrogen-bond acceptors (Lipinski definition) is 6. The van der Waals surface area contributed by atoms with Crippen molar-refractivity contribution in [3.8, 4) is 0 Å². The van der Waals surface area contributed by atoms with Crippen LogP contribution in [0.3, 0.4) is 0 Å². The van der Waals surface area contributed by atoms with E-state index >= 15 is 0 Å². The minimum Gasteiger partial charge on any atom is -0.439 e. The molecule has 0 aliphatic carbocycles. The zero-order valence-electron chi connectivity index (χ0n) is 8.90. The Morgan fingerprint density at radius 2 is 1.28 bits per heavy atom. The molecule has 12 heteroatoms. The fourth-order valence-corrected chi connectivity index (χ4v) is 12.8. The molecule has 1 atom stereocenters. The van der Waals surface area contributed by atoms with E-state index in [2.05, 4.69) is 33.3 Å². The molecule has 0 aromatic heterocycles. The van der Waals surface area contributed by atoms with Gasteiger partial charge in [-0.05, 0) is 33.7 Å². The lowest BCUT2D eigenvalue weighted by Gasteiger charge is -2.24. The van der Waals surface area contributed by atoms with Gasteiger partial charge in [0, 0.05) is 0 Å². The molecule has 18 heavy (non-hydrogen) atoms. The average Bonchev–Trinajstić information content (AvgIpc) is 2.13. The molecule has 0 saturated carbocycles. The van der Waals surface area contributed by atoms with Gasteiger partial charge in [-0.1, -0.05) is 19.7 Å². The first-order chi connectivity index (χ1) is 8.30. The molecule has 0 bridgehead atoms. The lowest BCUT2D eigenvalue weighted by molar-refractivity contribution is 0.398. The standard InChI is InChI=1S/C6H9Cl3N3O3P3/c1-4-13-17(9)10-16(7,8)11-18(12-17,14-5-2)15-6-3/h4-6H,1-3H2. The van der Waals surface area contributed by atoms with Crippen molar-refractivity contribution in [3.63, 3.8) is 0 Å². The van der Waals surface area contributed by atoms with Crippen molar-refractivity contribution in [2.45, 2.75) is 0 Å². The third kappa shape index (κ3) is 4.09. The number of halogens is 3. The predicted molar refractivity (Wildman–Crippen MR) is 79.4 cm³/mol. The Morgan fingerprint density at radius 3 is 1.72 bits per heavy atom. The van der Waals surface area contributed by atoms with Crippen molar-refractivity contribution in [3.05, 3.63) is 38.5 Å². The minimum absolute atomic E-state index is 1.09. The van der Waals surface area contributed by atoms with Gasteiger partial charge < -0.3 is 13.6 Å². The van der Waals surface area contributed by atoms with Crippen LogP contribution in [0.1, 0.15) is 0 Å². The molecule has 0 N–H and O–H groups in total. The largest absolute Gasteiger partial charge is 0.454 e. The summed E-state index contributed by atoms with van der Waals surface area (Å²) in [7, 11) is -3.21. The molecule has 1 heterocycles. The Balaban J connectivity index is 3.52. The quantitative estimate of drug-likeness (QED) is 0.372. The molecule has 6 nitrogen and oxygen atoms in total. The number of rotatable bonds is 6. The molecule has 0 aromatic rings. The zero-order valence-corrected chi connectivity index (χ0v) is 13.8. The van der Waals surface area contributed by atoms with Gasteiger partial charge in [0.2, 0.25) is 0 Å². The Bertz CT molecular complexity index is 527. The van der Waals surface area contributed by atoms with E-state index in [-0.39, 0.29) is 0 Å². The smallest absolute Gasteiger partial charge is 0.439 e. The molecular formula is C6H9Cl3N3O3P3. The van der Waals surface area contributed by atoms with E-state index in [4.69, 9.17) is 47.3 Å². The highest BCUT2D eigenvalue weighted by molar-refractivity contribution is 8.14. The van der Waals surface area contributed by atoms with E-state index in [1.807, 2.05) is 0 Å². The normalized spacial score (nSPS) is 27.5. The first kappa shape index (κ1) is 16.2. The van der Waals surface area contributed by atoms with Gasteiger partial charge in [-0.15, -0.1) is 9.03 Å². The summed E-state index contributed by atoms with van der Waals surface area (Å²) in [5.41, 5.74) is 0. The van der Waals surface area contributed by atoms with Crippen LogP contribution in [0, 0.1) is 0 Å². The summed E-state index contributed by atoms with van der Waals surface area (Å²) in [6, 6.07) is 0. The van der Waals surface area contributed by atoms with Crippen molar-refractivity contribution in [1.82, 2.24) is 0 Å². The first-order valence-corrected chi connectivity index (χ1v) is 11.7. The second-order valence-electron chi connectivity index (χ2n) is 2.50. The molecule has 0 saturated heterocycles. The second kappa shape index (κ2) is 6.09. The van der Waals surface area contributed by atoms with Crippen LogP contribution in [0.2, 0.25) is 0 Å². The Hall–Kier alpha value is 0.180. The topological polar surface area (TPSA) is 64.8 Å². The molecule has 102 valence electrons. The third-order valence-corrected chi connectivity index (χ3v) is 11.7. The van der Waals surface area contributed by atoms with Crippen LogP contribution in [-0.4, -0.2) is 0 Å². The lowest BCUT2D eigenvalue weighted by atomic mass is 11.2. The number of nitrogens with zero attached hydrogens (tertiary/aromatic N) is 3. The van der Waals surface area contributed by atoms with E-state index in [1.54, 1.807) is 0 Å². The van der Waals surface area contributed by atoms with Crippen molar-refractivity contribution in [2.24, 2.45) is 13.5 Å². The molecule has 1 aliphatic heterocycles. The Labute approximate surface area is 120 Å². The van der Waals surface area contributed by atoms with Gasteiger partial charge in [-0.2, -0.15) is 4.52 Å². The summed E-state index contributed by atoms with van der Waals surface area (Å²) in [4.78, 5) is 0. The summed E-state index contributed by atoms with van der Waals surface area (Å²) in [5, 5.41) is 0. The van der Waals surface area contributed by atoms with Crippen LogP contribution in [-0.2, 0) is 13.6 Å². The fourth-order valence-electron chi connectivity index (χ4n) is 0.902. The van der Waals surface area contributed by atoms with E-state index in [0.29, 0.717) is 0 Å². The molecule has 0 aromatic carbocycles. The van der Waals surface area contributed by atoms with Gasteiger partial charge in [0.05, 0.1) is 18.8 Å². The van der Waals surface area contributed by atoms with E-state index in [0.717, 1.165) is 18.8 Å². The fraction of sp³-hybridized carbons (Fsp3) is 0. The van der Waals surface area contributed by atoms with Gasteiger partial charge in [0.25, 0.3) is 5.91 Å². The highest BCUT2D eigenvalue weighted by atomic mass is 35.9. The van der Waals surface area contributed by atoms with Crippen LogP contribution in [0.25, 0.3) is 0 Å². The summed E-state index contributed by atoms with van der Waals surface area (Å²) >= 11 is 18.0. The zero-order chi connectivity index (χ0) is 13.9. The highest BCUT2D eigenvalue weighted by Gasteiger charge is 2.38. The molecule has 0 radical (unpaired) electrons. The van der Waals surface area contributed by atoms with Crippen LogP contribution in [0.15, 0.2) is 52.1 Å². The van der Waals surface area contributed by atoms with Crippen molar-refractivity contribution < 1.29 is 13.6 Å². The molecular weight excluding hydrogens is 361 g/mol. The molecule has 0 amide bonds. The minimum atomic E-state index is -3.21. The van der Waals surface area contributed by atoms with Crippen LogP contribution in [0.5, 0.6) is 0 Å². The van der Waals surface area contributed by atoms with Gasteiger partial charge in [-0.3, -0.25) is 0 Å². The highest BCUT2D eigenvalue weighted by Crippen LogP contribution is 2.84. The summed E-state index contributed by atoms with van der Waals surface area (Å²) in [6.07, 6.45) is 3.28. The van der Waals surface area contributed by atoms with Crippen LogP contribution in [0.4, 0.5) is 0 Å². The summed E-state index contributed by atoms with van der Waals surface area (Å²) < 4.78 is 27.3. The molecule has 0 spiro atoms. The van der Waals surface area contributed by atoms with Gasteiger partial charge in [-0.25, -0.2) is 0 Å². The van der Waals surface area contributed by atoms with Gasteiger partial charge >= 0.3 is 14.4 Å². The number of hydrogen-bond donors (Lipinski definition) is 0. The van der Waals surface area contributed by atoms with Crippen LogP contribution >= 0.6 is 54.1 Å². The predicted octanol–water partition coefficient (Wildman–Crippen LogP) is 7.04. The van der Waals surface area contributed by atoms with E-state index < -0.39 is 20.4 Å². The van der Waals surface area contributed by atoms with Crippen molar-refractivity contribution in [1.29, 1.82) is 0 Å². The maximum absolute atomic E-state index is 6.10. The molecule has 1 aliphatic rings. The lowest BCUT2D eigenvalue weighted by Crippen LogP contribution is -1.87. The SMILES string of the molecule is C=COP1(Cl)=NP(Cl)(Cl)=NP(OC=C)(OC=C)=N1. The summed E-state index contributed by atoms with van der Waals surface area (Å²) in [5.74, 6) is -3.12. The van der Waals surface area contributed by atoms with Gasteiger partial charge in [0.1, 0.15) is 0 Å². The van der Waals surface area contributed by atoms with E-state index in [1.165, 1.54) is 0 Å².